The van der Waals surface area contributed by atoms with Crippen molar-refractivity contribution in [2.45, 2.75) is 18.9 Å². The average molecular weight is 520 g/mol. The molecule has 1 amide bonds. The Bertz CT molecular complexity index is 1190. The van der Waals surface area contributed by atoms with E-state index < -0.39 is 5.60 Å². The monoisotopic (exact) mass is 519 g/mol. The SMILES string of the molecule is CON=C1CC(C)(COc2ccc(NC(=O)c3ccc(N)nc3)cc2)Oc2ccc(N)cc21.Cl.Cl. The summed E-state index contributed by atoms with van der Waals surface area (Å²) in [6.07, 6.45) is 1.92. The fourth-order valence-corrected chi connectivity index (χ4v) is 3.50. The molecule has 1 atom stereocenters. The molecule has 11 heteroatoms. The quantitative estimate of drug-likeness (QED) is 0.326. The van der Waals surface area contributed by atoms with Crippen LogP contribution in [0, 0.1) is 0 Å². The van der Waals surface area contributed by atoms with Gasteiger partial charge in [-0.1, -0.05) is 5.16 Å². The number of carbonyl (C=O) groups excluding carboxylic acids is 1. The zero-order valence-electron chi connectivity index (χ0n) is 19.2. The highest BCUT2D eigenvalue weighted by molar-refractivity contribution is 6.05. The van der Waals surface area contributed by atoms with Gasteiger partial charge in [0, 0.05) is 29.6 Å². The van der Waals surface area contributed by atoms with Gasteiger partial charge in [-0.25, -0.2) is 4.98 Å². The highest BCUT2D eigenvalue weighted by Gasteiger charge is 2.37. The van der Waals surface area contributed by atoms with Crippen molar-refractivity contribution in [2.24, 2.45) is 5.16 Å². The van der Waals surface area contributed by atoms with E-state index in [9.17, 15) is 4.79 Å². The summed E-state index contributed by atoms with van der Waals surface area (Å²) in [4.78, 5) is 21.3. The van der Waals surface area contributed by atoms with Crippen LogP contribution in [0.5, 0.6) is 11.5 Å². The van der Waals surface area contributed by atoms with Crippen LogP contribution >= 0.6 is 24.8 Å². The maximum atomic E-state index is 12.3. The number of nitrogens with zero attached hydrogens (tertiary/aromatic N) is 2. The van der Waals surface area contributed by atoms with Crippen LogP contribution in [0.2, 0.25) is 0 Å². The number of aromatic nitrogens is 1. The maximum Gasteiger partial charge on any atom is 0.257 e. The van der Waals surface area contributed by atoms with Crippen molar-refractivity contribution in [3.05, 3.63) is 71.9 Å². The number of hydrogen-bond acceptors (Lipinski definition) is 8. The number of nitrogens with one attached hydrogen (secondary N) is 1. The number of anilines is 3. The van der Waals surface area contributed by atoms with Gasteiger partial charge in [-0.3, -0.25) is 4.79 Å². The molecule has 35 heavy (non-hydrogen) atoms. The summed E-state index contributed by atoms with van der Waals surface area (Å²) < 4.78 is 12.2. The van der Waals surface area contributed by atoms with Gasteiger partial charge in [0.2, 0.25) is 0 Å². The van der Waals surface area contributed by atoms with Gasteiger partial charge >= 0.3 is 0 Å². The number of fused-ring (bicyclic) bond motifs is 1. The number of pyridine rings is 1. The van der Waals surface area contributed by atoms with E-state index in [1.165, 1.54) is 13.3 Å². The van der Waals surface area contributed by atoms with E-state index in [1.54, 1.807) is 42.5 Å². The lowest BCUT2D eigenvalue weighted by Gasteiger charge is -2.35. The molecule has 3 aromatic rings. The van der Waals surface area contributed by atoms with E-state index in [4.69, 9.17) is 25.8 Å². The predicted molar refractivity (Wildman–Crippen MR) is 141 cm³/mol. The van der Waals surface area contributed by atoms with E-state index in [2.05, 4.69) is 15.5 Å². The molecule has 1 unspecified atom stereocenters. The van der Waals surface area contributed by atoms with Crippen LogP contribution in [0.15, 0.2) is 65.9 Å². The molecule has 0 aliphatic carbocycles. The van der Waals surface area contributed by atoms with Gasteiger partial charge in [0.25, 0.3) is 5.91 Å². The van der Waals surface area contributed by atoms with Gasteiger partial charge in [-0.2, -0.15) is 0 Å². The molecule has 0 bridgehead atoms. The third-order valence-electron chi connectivity index (χ3n) is 5.12. The number of nitrogen functional groups attached to an aromatic ring is 2. The summed E-state index contributed by atoms with van der Waals surface area (Å²) in [6.45, 7) is 2.23. The van der Waals surface area contributed by atoms with Crippen LogP contribution in [0.1, 0.15) is 29.3 Å². The number of oxime groups is 1. The molecule has 1 aliphatic heterocycles. The molecule has 0 radical (unpaired) electrons. The molecule has 0 saturated heterocycles. The molecule has 0 spiro atoms. The van der Waals surface area contributed by atoms with E-state index in [1.807, 2.05) is 19.1 Å². The van der Waals surface area contributed by atoms with Crippen molar-refractivity contribution in [2.75, 3.05) is 30.5 Å². The number of halogens is 2. The second kappa shape index (κ2) is 11.6. The first kappa shape index (κ1) is 27.6. The molecule has 1 aliphatic rings. The number of amides is 1. The number of carbonyl (C=O) groups is 1. The van der Waals surface area contributed by atoms with E-state index >= 15 is 0 Å². The minimum atomic E-state index is -0.657. The molecule has 0 saturated carbocycles. The Morgan fingerprint density at radius 3 is 2.54 bits per heavy atom. The van der Waals surface area contributed by atoms with Gasteiger partial charge in [0.15, 0.2) is 0 Å². The van der Waals surface area contributed by atoms with Crippen molar-refractivity contribution >= 4 is 53.6 Å². The lowest BCUT2D eigenvalue weighted by molar-refractivity contribution is 0.0360. The normalized spacial score (nSPS) is 17.1. The molecule has 186 valence electrons. The Balaban J connectivity index is 0.00000216. The van der Waals surface area contributed by atoms with Crippen LogP contribution < -0.4 is 26.3 Å². The summed E-state index contributed by atoms with van der Waals surface area (Å²) >= 11 is 0. The molecule has 1 aromatic heterocycles. The standard InChI is InChI=1S/C24H25N5O4.2ClH/c1-24(12-20(29-31-2)19-11-16(25)4-9-21(19)33-24)14-32-18-7-5-17(6-8-18)28-23(30)15-3-10-22(26)27-13-15;;/h3-11,13H,12,14,25H2,1-2H3,(H2,26,27)(H,28,30);2*1H. The van der Waals surface area contributed by atoms with Gasteiger partial charge < -0.3 is 31.1 Å². The van der Waals surface area contributed by atoms with Crippen LogP contribution in [-0.4, -0.2) is 35.9 Å². The third-order valence-corrected chi connectivity index (χ3v) is 5.12. The van der Waals surface area contributed by atoms with Crippen LogP contribution in [0.4, 0.5) is 17.2 Å². The van der Waals surface area contributed by atoms with Gasteiger partial charge in [0.05, 0.1) is 11.3 Å². The van der Waals surface area contributed by atoms with Crippen molar-refractivity contribution in [1.82, 2.24) is 4.98 Å². The van der Waals surface area contributed by atoms with Crippen molar-refractivity contribution in [3.8, 4) is 11.5 Å². The number of hydrogen-bond donors (Lipinski definition) is 3. The molecule has 9 nitrogen and oxygen atoms in total. The maximum absolute atomic E-state index is 12.3. The fraction of sp³-hybridized carbons (Fsp3) is 0.208. The van der Waals surface area contributed by atoms with Gasteiger partial charge in [0.1, 0.15) is 36.6 Å². The summed E-state index contributed by atoms with van der Waals surface area (Å²) in [5.41, 5.74) is 14.0. The largest absolute Gasteiger partial charge is 0.489 e. The van der Waals surface area contributed by atoms with Crippen molar-refractivity contribution in [1.29, 1.82) is 0 Å². The minimum Gasteiger partial charge on any atom is -0.489 e. The smallest absolute Gasteiger partial charge is 0.257 e. The van der Waals surface area contributed by atoms with Gasteiger partial charge in [-0.15, -0.1) is 24.8 Å². The molecule has 2 heterocycles. The molecule has 0 fully saturated rings. The minimum absolute atomic E-state index is 0. The Morgan fingerprint density at radius 1 is 1.14 bits per heavy atom. The predicted octanol–water partition coefficient (Wildman–Crippen LogP) is 4.31. The van der Waals surface area contributed by atoms with Crippen molar-refractivity contribution < 1.29 is 19.1 Å². The van der Waals surface area contributed by atoms with Gasteiger partial charge in [-0.05, 0) is 61.5 Å². The van der Waals surface area contributed by atoms with E-state index in [-0.39, 0.29) is 37.3 Å². The zero-order chi connectivity index (χ0) is 23.4. The number of benzene rings is 2. The van der Waals surface area contributed by atoms with Crippen LogP contribution in [0.3, 0.4) is 0 Å². The Kier molecular flexibility index (Phi) is 9.16. The summed E-state index contributed by atoms with van der Waals surface area (Å²) in [7, 11) is 1.51. The molecular weight excluding hydrogens is 493 g/mol. The molecular formula is C24H27Cl2N5O4. The lowest BCUT2D eigenvalue weighted by Crippen LogP contribution is -2.44. The summed E-state index contributed by atoms with van der Waals surface area (Å²) in [5, 5.41) is 6.97. The Morgan fingerprint density at radius 2 is 1.89 bits per heavy atom. The zero-order valence-corrected chi connectivity index (χ0v) is 20.8. The first-order valence-electron chi connectivity index (χ1n) is 10.3. The molecule has 5 N–H and O–H groups in total. The first-order valence-corrected chi connectivity index (χ1v) is 10.3. The summed E-state index contributed by atoms with van der Waals surface area (Å²) in [5.74, 6) is 1.40. The lowest BCUT2D eigenvalue weighted by atomic mass is 9.91. The van der Waals surface area contributed by atoms with Crippen LogP contribution in [0.25, 0.3) is 0 Å². The van der Waals surface area contributed by atoms with Crippen molar-refractivity contribution in [3.63, 3.8) is 0 Å². The first-order chi connectivity index (χ1) is 15.8. The highest BCUT2D eigenvalue weighted by atomic mass is 35.5. The molecule has 2 aromatic carbocycles. The highest BCUT2D eigenvalue weighted by Crippen LogP contribution is 2.35. The van der Waals surface area contributed by atoms with Crippen LogP contribution in [-0.2, 0) is 4.84 Å². The average Bonchev–Trinajstić information content (AvgIpc) is 2.80. The third kappa shape index (κ3) is 6.68. The fourth-order valence-electron chi connectivity index (χ4n) is 3.50. The molecule has 4 rings (SSSR count). The number of rotatable bonds is 6. The van der Waals surface area contributed by atoms with E-state index in [0.717, 1.165) is 11.3 Å². The number of nitrogens with two attached hydrogens (primary N) is 2. The Hall–Kier alpha value is -3.69. The van der Waals surface area contributed by atoms with E-state index in [0.29, 0.717) is 40.7 Å². The second-order valence-electron chi connectivity index (χ2n) is 7.94. The Labute approximate surface area is 215 Å². The summed E-state index contributed by atoms with van der Waals surface area (Å²) in [6, 6.07) is 15.7. The second-order valence-corrected chi connectivity index (χ2v) is 7.94. The topological polar surface area (TPSA) is 134 Å². The number of ether oxygens (including phenoxy) is 2.